The molecule has 3 aliphatic heterocycles. The van der Waals surface area contributed by atoms with Gasteiger partial charge in [-0.3, -0.25) is 10.7 Å². The molecular weight excluding hydrogens is 538 g/mol. The van der Waals surface area contributed by atoms with Crippen LogP contribution in [0.4, 0.5) is 4.79 Å². The monoisotopic (exact) mass is 586 g/mol. The molecule has 0 aromatic heterocycles. The van der Waals surface area contributed by atoms with Crippen molar-refractivity contribution in [3.63, 3.8) is 0 Å². The molecule has 3 aliphatic rings. The van der Waals surface area contributed by atoms with Crippen molar-refractivity contribution in [1.29, 1.82) is 5.41 Å². The summed E-state index contributed by atoms with van der Waals surface area (Å²) in [5.74, 6) is -0.0978. The summed E-state index contributed by atoms with van der Waals surface area (Å²) in [7, 11) is -1.28. The van der Waals surface area contributed by atoms with Crippen LogP contribution < -0.4 is 10.6 Å². The maximum atomic E-state index is 12.2. The number of benzene rings is 1. The number of rotatable bonds is 7. The molecule has 9 nitrogen and oxygen atoms in total. The molecule has 3 fully saturated rings. The minimum absolute atomic E-state index is 0.0315. The Balaban J connectivity index is 1.48. The lowest BCUT2D eigenvalue weighted by Gasteiger charge is -2.49. The highest BCUT2D eigenvalue weighted by Crippen LogP contribution is 2.62. The van der Waals surface area contributed by atoms with Gasteiger partial charge in [0.1, 0.15) is 35.7 Å². The lowest BCUT2D eigenvalue weighted by atomic mass is 9.68. The second-order valence-electron chi connectivity index (χ2n) is 13.6. The second-order valence-corrected chi connectivity index (χ2v) is 16.7. The Labute approximate surface area is 246 Å². The van der Waals surface area contributed by atoms with E-state index in [1.807, 2.05) is 30.3 Å². The fraction of sp³-hybridized carbons (Fsp3) is 0.677. The molecule has 10 heteroatoms. The van der Waals surface area contributed by atoms with Crippen LogP contribution in [0.2, 0.25) is 10.6 Å². The van der Waals surface area contributed by atoms with Crippen molar-refractivity contribution >= 4 is 21.0 Å². The Bertz CT molecular complexity index is 1070. The zero-order valence-corrected chi connectivity index (χ0v) is 26.6. The van der Waals surface area contributed by atoms with Crippen LogP contribution in [0, 0.1) is 16.2 Å². The van der Waals surface area contributed by atoms with Gasteiger partial charge in [-0.1, -0.05) is 58.0 Å². The first kappa shape index (κ1) is 31.7. The van der Waals surface area contributed by atoms with Gasteiger partial charge >= 0.3 is 15.1 Å². The van der Waals surface area contributed by atoms with Crippen LogP contribution in [0.3, 0.4) is 0 Å². The quantitative estimate of drug-likeness (QED) is 0.208. The van der Waals surface area contributed by atoms with Gasteiger partial charge in [-0.25, -0.2) is 9.22 Å². The summed E-state index contributed by atoms with van der Waals surface area (Å²) in [6.07, 6.45) is 4.19. The molecule has 3 saturated heterocycles. The Morgan fingerprint density at radius 3 is 2.54 bits per heavy atom. The zero-order valence-electron chi connectivity index (χ0n) is 25.6. The van der Waals surface area contributed by atoms with Crippen molar-refractivity contribution in [2.24, 2.45) is 10.8 Å². The van der Waals surface area contributed by atoms with E-state index in [-0.39, 0.29) is 52.3 Å². The molecule has 0 spiro atoms. The number of hydrogen-bond donors (Lipinski definition) is 3. The van der Waals surface area contributed by atoms with Crippen LogP contribution in [-0.2, 0) is 30.0 Å². The summed E-state index contributed by atoms with van der Waals surface area (Å²) in [5, 5.41) is 14.0. The van der Waals surface area contributed by atoms with E-state index in [4.69, 9.17) is 28.8 Å². The third kappa shape index (κ3) is 7.59. The molecule has 1 amide bonds. The Hall–Kier alpha value is -2.24. The highest BCUT2D eigenvalue weighted by Gasteiger charge is 2.74. The molecule has 4 rings (SSSR count). The number of carbonyl (C=O) groups excluding carboxylic acids is 1. The van der Waals surface area contributed by atoms with Gasteiger partial charge in [0, 0.05) is 12.8 Å². The van der Waals surface area contributed by atoms with Crippen LogP contribution in [-0.4, -0.2) is 58.9 Å². The number of amidine groups is 1. The second kappa shape index (κ2) is 13.0. The molecule has 0 radical (unpaired) electrons. The fourth-order valence-corrected chi connectivity index (χ4v) is 9.94. The molecule has 6 atom stereocenters. The van der Waals surface area contributed by atoms with E-state index in [0.29, 0.717) is 13.2 Å². The first-order valence-corrected chi connectivity index (χ1v) is 16.2. The number of nitrogens with one attached hydrogen (secondary N) is 3. The molecule has 3 heterocycles. The van der Waals surface area contributed by atoms with Crippen LogP contribution in [0.15, 0.2) is 42.6 Å². The topological polar surface area (TPSA) is 111 Å². The van der Waals surface area contributed by atoms with Crippen LogP contribution in [0.5, 0.6) is 0 Å². The Morgan fingerprint density at radius 2 is 1.90 bits per heavy atom. The van der Waals surface area contributed by atoms with Gasteiger partial charge in [-0.2, -0.15) is 0 Å². The normalized spacial score (nSPS) is 30.6. The summed E-state index contributed by atoms with van der Waals surface area (Å²) in [4.78, 5) is 12.2. The molecule has 0 bridgehead atoms. The van der Waals surface area contributed by atoms with E-state index in [0.717, 1.165) is 24.8 Å². The molecule has 226 valence electrons. The van der Waals surface area contributed by atoms with E-state index in [2.05, 4.69) is 59.1 Å². The number of hydrogen-bond acceptors (Lipinski definition) is 8. The average molecular weight is 587 g/mol. The summed E-state index contributed by atoms with van der Waals surface area (Å²) in [6.45, 7) is 17.4. The molecule has 1 aromatic carbocycles. The van der Waals surface area contributed by atoms with E-state index in [1.54, 1.807) is 6.20 Å². The van der Waals surface area contributed by atoms with E-state index >= 15 is 0 Å². The molecule has 0 aliphatic carbocycles. The van der Waals surface area contributed by atoms with Crippen molar-refractivity contribution in [3.8, 4) is 0 Å². The van der Waals surface area contributed by atoms with Gasteiger partial charge in [0.15, 0.2) is 12.5 Å². The van der Waals surface area contributed by atoms with E-state index in [1.165, 1.54) is 6.08 Å². The van der Waals surface area contributed by atoms with Gasteiger partial charge in [0.05, 0.1) is 11.5 Å². The first-order chi connectivity index (χ1) is 19.3. The highest BCUT2D eigenvalue weighted by molar-refractivity contribution is 6.57. The van der Waals surface area contributed by atoms with Gasteiger partial charge in [0.25, 0.3) is 0 Å². The number of ether oxygens (including phenoxy) is 4. The molecular formula is C31H48N3O6Si+. The van der Waals surface area contributed by atoms with Gasteiger partial charge in [-0.05, 0) is 57.1 Å². The molecule has 41 heavy (non-hydrogen) atoms. The van der Waals surface area contributed by atoms with Gasteiger partial charge in [-0.15, -0.1) is 0 Å². The predicted molar refractivity (Wildman–Crippen MR) is 160 cm³/mol. The number of fused-ring (bicyclic) bond motifs is 1. The minimum Gasteiger partial charge on any atom is -0.444 e. The maximum absolute atomic E-state index is 12.2. The number of amides is 1. The van der Waals surface area contributed by atoms with Crippen molar-refractivity contribution < 1.29 is 28.2 Å². The van der Waals surface area contributed by atoms with Crippen molar-refractivity contribution in [3.05, 3.63) is 48.2 Å². The van der Waals surface area contributed by atoms with E-state index in [9.17, 15) is 4.79 Å². The summed E-state index contributed by atoms with van der Waals surface area (Å²) in [5.41, 5.74) is 0.755. The van der Waals surface area contributed by atoms with Gasteiger partial charge < -0.3 is 24.3 Å². The molecule has 3 N–H and O–H groups in total. The van der Waals surface area contributed by atoms with Crippen LogP contribution in [0.25, 0.3) is 0 Å². The summed E-state index contributed by atoms with van der Waals surface area (Å²) in [6, 6.07) is 9.41. The lowest BCUT2D eigenvalue weighted by Crippen LogP contribution is -2.61. The third-order valence-corrected chi connectivity index (χ3v) is 12.1. The molecule has 1 unspecified atom stereocenters. The largest absolute Gasteiger partial charge is 0.483 e. The predicted octanol–water partition coefficient (Wildman–Crippen LogP) is 5.87. The van der Waals surface area contributed by atoms with Crippen LogP contribution >= 0.6 is 0 Å². The first-order valence-electron chi connectivity index (χ1n) is 14.7. The van der Waals surface area contributed by atoms with Crippen molar-refractivity contribution in [2.45, 2.75) is 110 Å². The van der Waals surface area contributed by atoms with Gasteiger partial charge in [0.2, 0.25) is 0 Å². The number of alkyl carbamates (subject to hydrolysis) is 1. The fourth-order valence-electron chi connectivity index (χ4n) is 6.44. The highest BCUT2D eigenvalue weighted by atomic mass is 28.3. The zero-order chi connectivity index (χ0) is 29.8. The maximum Gasteiger partial charge on any atom is 0.483 e. The Kier molecular flexibility index (Phi) is 10.0. The lowest BCUT2D eigenvalue weighted by molar-refractivity contribution is -0.216. The minimum atomic E-state index is -1.28. The molecule has 0 saturated carbocycles. The summed E-state index contributed by atoms with van der Waals surface area (Å²) >= 11 is 0. The smallest absolute Gasteiger partial charge is 0.444 e. The van der Waals surface area contributed by atoms with Crippen molar-refractivity contribution in [1.82, 2.24) is 10.6 Å². The van der Waals surface area contributed by atoms with Crippen molar-refractivity contribution in [2.75, 3.05) is 13.2 Å². The third-order valence-electron chi connectivity index (χ3n) is 8.17. The van der Waals surface area contributed by atoms with E-state index < -0.39 is 21.4 Å². The molecule has 1 aromatic rings. The standard InChI is InChI=1S/C31H47N3O6Si/c1-29(2,3)27-31(7)22(20-38-41(27)30(4,5)6)39-26(25(31)40-24-15-11-12-18-36-24)33-17-16-23(32)34-28(35)37-19-21-13-9-8-10-14-21/h8-10,13-14,16-17,22,24-27H,11-12,15,18-20H2,1-7H3,(H2-,32,33,34,35)/p+1/t22-,24?,25+,26-,27+,31+/m1/s1. The number of carbonyl (C=O) groups is 1. The van der Waals surface area contributed by atoms with Crippen LogP contribution in [0.1, 0.15) is 73.3 Å². The average Bonchev–Trinajstić information content (AvgIpc) is 3.17. The SMILES string of the molecule is CC(C)(C)[C@@H]1[Si+](C(C)(C)C)OC[C@H]2O[C@@H](N/C=C\C(=N)NC(=O)OCc3ccccc3)[C@H](OC3CCCCO3)[C@]21C. The summed E-state index contributed by atoms with van der Waals surface area (Å²) < 4.78 is 31.3. The Morgan fingerprint density at radius 1 is 1.17 bits per heavy atom.